The highest BCUT2D eigenvalue weighted by atomic mass is 35.5. The predicted molar refractivity (Wildman–Crippen MR) is 105 cm³/mol. The number of nitrogens with one attached hydrogen (secondary N) is 1. The number of nitrogens with zero attached hydrogens (tertiary/aromatic N) is 2. The second-order valence-electron chi connectivity index (χ2n) is 5.42. The summed E-state index contributed by atoms with van der Waals surface area (Å²) in [6, 6.07) is 13.2. The minimum Gasteiger partial charge on any atom is -0.360 e. The number of amides is 1. The molecule has 26 heavy (non-hydrogen) atoms. The third-order valence-electron chi connectivity index (χ3n) is 3.69. The number of carbonyl (C=O) groups excluding carboxylic acids is 1. The number of halogens is 1. The normalized spacial score (nSPS) is 10.8. The quantitative estimate of drug-likeness (QED) is 0.473. The van der Waals surface area contributed by atoms with Crippen molar-refractivity contribution in [1.29, 1.82) is 0 Å². The van der Waals surface area contributed by atoms with Crippen molar-refractivity contribution in [3.63, 3.8) is 0 Å². The Hall–Kier alpha value is -2.48. The van der Waals surface area contributed by atoms with Crippen LogP contribution in [0.15, 0.2) is 52.4 Å². The molecule has 0 aliphatic heterocycles. The van der Waals surface area contributed by atoms with Gasteiger partial charge in [-0.1, -0.05) is 47.1 Å². The number of aryl methyl sites for hydroxylation is 1. The number of hydrogen-bond acceptors (Lipinski definition) is 6. The van der Waals surface area contributed by atoms with E-state index < -0.39 is 0 Å². The van der Waals surface area contributed by atoms with Gasteiger partial charge in [-0.3, -0.25) is 10.1 Å². The van der Waals surface area contributed by atoms with Crippen LogP contribution in [0.4, 0.5) is 5.13 Å². The summed E-state index contributed by atoms with van der Waals surface area (Å²) in [5.41, 5.74) is 2.53. The summed E-state index contributed by atoms with van der Waals surface area (Å²) in [6.45, 7) is 1.72. The summed E-state index contributed by atoms with van der Waals surface area (Å²) >= 11 is 8.77. The molecule has 1 amide bonds. The highest BCUT2D eigenvalue weighted by Crippen LogP contribution is 2.33. The molecule has 4 aromatic rings. The number of rotatable bonds is 4. The number of aromatic nitrogens is 2. The first-order chi connectivity index (χ1) is 12.6. The zero-order valence-electron chi connectivity index (χ0n) is 13.5. The Morgan fingerprint density at radius 2 is 2.00 bits per heavy atom. The molecule has 1 N–H and O–H groups in total. The Labute approximate surface area is 162 Å². The number of benzene rings is 1. The number of thiazole rings is 1. The first kappa shape index (κ1) is 17.0. The SMILES string of the molecule is Cc1onc(-c2ccccc2)c1C(=O)Nc1nc(-c2ccc(Cl)s2)cs1. The third kappa shape index (κ3) is 3.29. The smallest absolute Gasteiger partial charge is 0.263 e. The number of hydrogen-bond donors (Lipinski definition) is 1. The second-order valence-corrected chi connectivity index (χ2v) is 8.00. The molecule has 0 atom stereocenters. The summed E-state index contributed by atoms with van der Waals surface area (Å²) < 4.78 is 5.95. The van der Waals surface area contributed by atoms with Crippen molar-refractivity contribution in [2.75, 3.05) is 5.32 Å². The molecule has 0 saturated heterocycles. The van der Waals surface area contributed by atoms with Gasteiger partial charge in [-0.2, -0.15) is 0 Å². The molecule has 5 nitrogen and oxygen atoms in total. The van der Waals surface area contributed by atoms with Crippen LogP contribution in [-0.4, -0.2) is 16.0 Å². The molecule has 4 rings (SSSR count). The van der Waals surface area contributed by atoms with Gasteiger partial charge in [0.2, 0.25) is 0 Å². The lowest BCUT2D eigenvalue weighted by atomic mass is 10.1. The second kappa shape index (κ2) is 7.03. The Bertz CT molecular complexity index is 1070. The highest BCUT2D eigenvalue weighted by Gasteiger charge is 2.22. The minimum atomic E-state index is -0.298. The van der Waals surface area contributed by atoms with Crippen LogP contribution in [0.3, 0.4) is 0 Å². The van der Waals surface area contributed by atoms with Gasteiger partial charge in [0.25, 0.3) is 5.91 Å². The zero-order valence-corrected chi connectivity index (χ0v) is 15.9. The van der Waals surface area contributed by atoms with Gasteiger partial charge in [0.05, 0.1) is 14.9 Å². The molecule has 1 aromatic carbocycles. The summed E-state index contributed by atoms with van der Waals surface area (Å²) in [4.78, 5) is 18.2. The summed E-state index contributed by atoms with van der Waals surface area (Å²) in [5.74, 6) is 0.163. The maximum Gasteiger partial charge on any atom is 0.263 e. The van der Waals surface area contributed by atoms with Crippen molar-refractivity contribution in [2.45, 2.75) is 6.92 Å². The lowest BCUT2D eigenvalue weighted by Crippen LogP contribution is -2.13. The predicted octanol–water partition coefficient (Wildman–Crippen LogP) is 5.74. The molecule has 0 radical (unpaired) electrons. The average molecular weight is 402 g/mol. The molecule has 130 valence electrons. The molecule has 8 heteroatoms. The third-order valence-corrected chi connectivity index (χ3v) is 5.70. The van der Waals surface area contributed by atoms with Crippen LogP contribution < -0.4 is 5.32 Å². The van der Waals surface area contributed by atoms with Gasteiger partial charge in [-0.05, 0) is 19.1 Å². The van der Waals surface area contributed by atoms with Crippen LogP contribution in [0, 0.1) is 6.92 Å². The molecule has 0 saturated carbocycles. The van der Waals surface area contributed by atoms with E-state index in [1.165, 1.54) is 22.7 Å². The molecule has 3 heterocycles. The van der Waals surface area contributed by atoms with Crippen molar-refractivity contribution in [2.24, 2.45) is 0 Å². The Morgan fingerprint density at radius 3 is 2.73 bits per heavy atom. The van der Waals surface area contributed by atoms with Crippen molar-refractivity contribution in [3.8, 4) is 21.8 Å². The van der Waals surface area contributed by atoms with Crippen LogP contribution in [0.25, 0.3) is 21.8 Å². The van der Waals surface area contributed by atoms with Gasteiger partial charge in [-0.15, -0.1) is 22.7 Å². The topological polar surface area (TPSA) is 68.0 Å². The van der Waals surface area contributed by atoms with Crippen LogP contribution in [-0.2, 0) is 0 Å². The van der Waals surface area contributed by atoms with Crippen LogP contribution in [0.5, 0.6) is 0 Å². The van der Waals surface area contributed by atoms with Gasteiger partial charge in [0.15, 0.2) is 5.13 Å². The summed E-state index contributed by atoms with van der Waals surface area (Å²) in [6.07, 6.45) is 0. The monoisotopic (exact) mass is 401 g/mol. The maximum absolute atomic E-state index is 12.8. The molecule has 3 aromatic heterocycles. The van der Waals surface area contributed by atoms with Gasteiger partial charge >= 0.3 is 0 Å². The van der Waals surface area contributed by atoms with Crippen molar-refractivity contribution in [3.05, 3.63) is 63.5 Å². The Balaban J connectivity index is 1.60. The fourth-order valence-corrected chi connectivity index (χ4v) is 4.27. The lowest BCUT2D eigenvalue weighted by Gasteiger charge is -2.03. The van der Waals surface area contributed by atoms with Gasteiger partial charge < -0.3 is 4.52 Å². The Kier molecular flexibility index (Phi) is 4.58. The molecular formula is C18H12ClN3O2S2. The largest absolute Gasteiger partial charge is 0.360 e. The van der Waals surface area contributed by atoms with E-state index in [-0.39, 0.29) is 5.91 Å². The molecule has 0 fully saturated rings. The van der Waals surface area contributed by atoms with E-state index in [0.717, 1.165) is 16.1 Å². The molecule has 0 spiro atoms. The number of thiophene rings is 1. The van der Waals surface area contributed by atoms with E-state index in [0.29, 0.717) is 26.5 Å². The van der Waals surface area contributed by atoms with E-state index >= 15 is 0 Å². The number of carbonyl (C=O) groups is 1. The minimum absolute atomic E-state index is 0.298. The van der Waals surface area contributed by atoms with Crippen molar-refractivity contribution >= 4 is 45.3 Å². The van der Waals surface area contributed by atoms with E-state index in [1.807, 2.05) is 47.8 Å². The first-order valence-corrected chi connectivity index (χ1v) is 9.73. The molecule has 0 aliphatic rings. The standard InChI is InChI=1S/C18H12ClN3O2S2/c1-10-15(16(22-24-10)11-5-3-2-4-6-11)17(23)21-18-20-12(9-25-18)13-7-8-14(19)26-13/h2-9H,1H3,(H,20,21,23). The summed E-state index contributed by atoms with van der Waals surface area (Å²) in [5, 5.41) is 9.26. The maximum atomic E-state index is 12.8. The van der Waals surface area contributed by atoms with Gasteiger partial charge in [0, 0.05) is 10.9 Å². The highest BCUT2D eigenvalue weighted by molar-refractivity contribution is 7.20. The Morgan fingerprint density at radius 1 is 1.19 bits per heavy atom. The molecule has 0 bridgehead atoms. The van der Waals surface area contributed by atoms with Gasteiger partial charge in [-0.25, -0.2) is 4.98 Å². The number of anilines is 1. The van der Waals surface area contributed by atoms with E-state index in [2.05, 4.69) is 15.5 Å². The molecular weight excluding hydrogens is 390 g/mol. The lowest BCUT2D eigenvalue weighted by molar-refractivity contribution is 0.102. The fraction of sp³-hybridized carbons (Fsp3) is 0.0556. The zero-order chi connectivity index (χ0) is 18.1. The fourth-order valence-electron chi connectivity index (χ4n) is 2.49. The van der Waals surface area contributed by atoms with Crippen molar-refractivity contribution in [1.82, 2.24) is 10.1 Å². The van der Waals surface area contributed by atoms with Crippen LogP contribution >= 0.6 is 34.3 Å². The average Bonchev–Trinajstić information content (AvgIpc) is 3.35. The van der Waals surface area contributed by atoms with E-state index in [1.54, 1.807) is 6.92 Å². The molecule has 0 unspecified atom stereocenters. The molecule has 0 aliphatic carbocycles. The van der Waals surface area contributed by atoms with Crippen molar-refractivity contribution < 1.29 is 9.32 Å². The van der Waals surface area contributed by atoms with Crippen LogP contribution in [0.1, 0.15) is 16.1 Å². The van der Waals surface area contributed by atoms with Crippen LogP contribution in [0.2, 0.25) is 4.34 Å². The first-order valence-electron chi connectivity index (χ1n) is 7.66. The van der Waals surface area contributed by atoms with E-state index in [9.17, 15) is 4.79 Å². The van der Waals surface area contributed by atoms with E-state index in [4.69, 9.17) is 16.1 Å². The van der Waals surface area contributed by atoms with Gasteiger partial charge in [0.1, 0.15) is 17.0 Å². The summed E-state index contributed by atoms with van der Waals surface area (Å²) in [7, 11) is 0.